The van der Waals surface area contributed by atoms with Gasteiger partial charge in [-0.3, -0.25) is 4.79 Å². The number of fused-ring (bicyclic) bond motifs is 1. The fourth-order valence-corrected chi connectivity index (χ4v) is 2.47. The van der Waals surface area contributed by atoms with Crippen LogP contribution in [0, 0.1) is 0 Å². The first-order valence-corrected chi connectivity index (χ1v) is 6.85. The Morgan fingerprint density at radius 3 is 2.59 bits per heavy atom. The Balaban J connectivity index is 1.45. The van der Waals surface area contributed by atoms with E-state index in [0.717, 1.165) is 12.1 Å². The topological polar surface area (TPSA) is 59.6 Å². The number of halogens is 3. The molecule has 2 aliphatic rings. The molecule has 3 atom stereocenters. The monoisotopic (exact) mass is 316 g/mol. The molecule has 0 aromatic heterocycles. The van der Waals surface area contributed by atoms with Crippen LogP contribution in [0.25, 0.3) is 0 Å². The number of nitrogens with one attached hydrogen (secondary N) is 2. The van der Waals surface area contributed by atoms with Gasteiger partial charge in [-0.2, -0.15) is 13.2 Å². The van der Waals surface area contributed by atoms with E-state index in [-0.39, 0.29) is 6.10 Å². The molecule has 120 valence electrons. The fraction of sp³-hybridized carbons (Fsp3) is 0.500. The molecule has 2 heterocycles. The summed E-state index contributed by atoms with van der Waals surface area (Å²) in [5.74, 6) is -0.627. The van der Waals surface area contributed by atoms with E-state index in [0.29, 0.717) is 17.8 Å². The second kappa shape index (κ2) is 5.86. The lowest BCUT2D eigenvalue weighted by atomic mass is 9.86. The number of carbonyl (C=O) groups is 1. The minimum Gasteiger partial charge on any atom is -0.365 e. The van der Waals surface area contributed by atoms with Crippen LogP contribution >= 0.6 is 0 Å². The molecule has 0 radical (unpaired) electrons. The third-order valence-corrected chi connectivity index (χ3v) is 3.62. The van der Waals surface area contributed by atoms with Crippen molar-refractivity contribution in [3.63, 3.8) is 0 Å². The van der Waals surface area contributed by atoms with Crippen LogP contribution in [-0.2, 0) is 14.3 Å². The van der Waals surface area contributed by atoms with Crippen molar-refractivity contribution in [2.24, 2.45) is 0 Å². The molecule has 0 spiro atoms. The summed E-state index contributed by atoms with van der Waals surface area (Å²) in [4.78, 5) is 11.5. The van der Waals surface area contributed by atoms with E-state index in [1.54, 1.807) is 12.1 Å². The first kappa shape index (κ1) is 15.3. The highest BCUT2D eigenvalue weighted by molar-refractivity contribution is 5.91. The van der Waals surface area contributed by atoms with Crippen molar-refractivity contribution in [2.45, 2.75) is 24.4 Å². The summed E-state index contributed by atoms with van der Waals surface area (Å²) in [5.41, 5.74) is 1.50. The molecule has 1 aromatic carbocycles. The highest BCUT2D eigenvalue weighted by atomic mass is 19.4. The predicted octanol–water partition coefficient (Wildman–Crippen LogP) is 1.62. The summed E-state index contributed by atoms with van der Waals surface area (Å²) in [6.07, 6.45) is -4.10. The molecule has 0 bridgehead atoms. The van der Waals surface area contributed by atoms with Gasteiger partial charge in [0.2, 0.25) is 5.91 Å². The number of carbonyl (C=O) groups excluding carboxylic acids is 1. The van der Waals surface area contributed by atoms with Crippen molar-refractivity contribution in [2.75, 3.05) is 25.1 Å². The molecular formula is C14H15F3N2O3. The van der Waals surface area contributed by atoms with E-state index in [9.17, 15) is 18.0 Å². The highest BCUT2D eigenvalue weighted by Crippen LogP contribution is 2.39. The van der Waals surface area contributed by atoms with E-state index < -0.39 is 25.3 Å². The van der Waals surface area contributed by atoms with Crippen LogP contribution in [0.5, 0.6) is 0 Å². The molecule has 2 fully saturated rings. The molecule has 5 nitrogen and oxygen atoms in total. The number of ether oxygens (including phenoxy) is 2. The maximum atomic E-state index is 11.9. The summed E-state index contributed by atoms with van der Waals surface area (Å²) in [7, 11) is 0. The number of hydrogen-bond acceptors (Lipinski definition) is 4. The molecule has 2 saturated heterocycles. The second-order valence-corrected chi connectivity index (χ2v) is 5.31. The largest absolute Gasteiger partial charge is 0.411 e. The number of amides is 1. The van der Waals surface area contributed by atoms with E-state index in [2.05, 4.69) is 15.4 Å². The average Bonchev–Trinajstić information content (AvgIpc) is 2.41. The zero-order valence-corrected chi connectivity index (χ0v) is 11.5. The Kier molecular flexibility index (Phi) is 4.07. The van der Waals surface area contributed by atoms with Gasteiger partial charge in [0.1, 0.15) is 19.3 Å². The van der Waals surface area contributed by atoms with Crippen molar-refractivity contribution in [3.8, 4) is 0 Å². The Morgan fingerprint density at radius 1 is 1.36 bits per heavy atom. The van der Waals surface area contributed by atoms with E-state index in [4.69, 9.17) is 4.74 Å². The van der Waals surface area contributed by atoms with Crippen molar-refractivity contribution in [1.82, 2.24) is 5.32 Å². The average molecular weight is 316 g/mol. The van der Waals surface area contributed by atoms with Gasteiger partial charge >= 0.3 is 6.18 Å². The van der Waals surface area contributed by atoms with Crippen molar-refractivity contribution < 1.29 is 27.4 Å². The van der Waals surface area contributed by atoms with Gasteiger partial charge in [0.25, 0.3) is 0 Å². The Labute approximate surface area is 124 Å². The molecule has 0 saturated carbocycles. The van der Waals surface area contributed by atoms with Crippen molar-refractivity contribution in [1.29, 1.82) is 0 Å². The van der Waals surface area contributed by atoms with Crippen molar-refractivity contribution in [3.05, 3.63) is 29.8 Å². The molecule has 2 aliphatic heterocycles. The molecule has 0 aliphatic carbocycles. The molecule has 2 N–H and O–H groups in total. The molecule has 1 unspecified atom stereocenters. The van der Waals surface area contributed by atoms with Gasteiger partial charge in [-0.1, -0.05) is 12.1 Å². The van der Waals surface area contributed by atoms with E-state index >= 15 is 0 Å². The predicted molar refractivity (Wildman–Crippen MR) is 71.4 cm³/mol. The second-order valence-electron chi connectivity index (χ2n) is 5.31. The number of rotatable bonds is 5. The van der Waals surface area contributed by atoms with E-state index in [1.165, 1.54) is 0 Å². The number of morpholine rings is 1. The highest BCUT2D eigenvalue weighted by Gasteiger charge is 2.49. The van der Waals surface area contributed by atoms with Crippen LogP contribution in [0.2, 0.25) is 0 Å². The van der Waals surface area contributed by atoms with Gasteiger partial charge in [0.15, 0.2) is 0 Å². The third-order valence-electron chi connectivity index (χ3n) is 3.62. The Hall–Kier alpha value is -1.64. The van der Waals surface area contributed by atoms with Gasteiger partial charge in [-0.25, -0.2) is 0 Å². The zero-order valence-electron chi connectivity index (χ0n) is 11.5. The molecule has 8 heteroatoms. The summed E-state index contributed by atoms with van der Waals surface area (Å²) in [6.45, 7) is -1.19. The van der Waals surface area contributed by atoms with Crippen LogP contribution < -0.4 is 10.6 Å². The molecular weight excluding hydrogens is 301 g/mol. The molecule has 22 heavy (non-hydrogen) atoms. The normalized spacial score (nSPS) is 26.6. The molecule has 3 rings (SSSR count). The van der Waals surface area contributed by atoms with Crippen LogP contribution in [0.4, 0.5) is 18.9 Å². The lowest BCUT2D eigenvalue weighted by molar-refractivity contribution is -0.203. The summed E-state index contributed by atoms with van der Waals surface area (Å²) in [5, 5.41) is 5.75. The minimum absolute atomic E-state index is 0.0265. The third kappa shape index (κ3) is 3.40. The van der Waals surface area contributed by atoms with Gasteiger partial charge in [-0.05, 0) is 17.7 Å². The Morgan fingerprint density at radius 2 is 2.09 bits per heavy atom. The maximum Gasteiger partial charge on any atom is 0.411 e. The summed E-state index contributed by atoms with van der Waals surface area (Å²) >= 11 is 0. The summed E-state index contributed by atoms with van der Waals surface area (Å²) < 4.78 is 45.6. The quantitative estimate of drug-likeness (QED) is 0.866. The first-order valence-electron chi connectivity index (χ1n) is 6.85. The maximum absolute atomic E-state index is 11.9. The van der Waals surface area contributed by atoms with E-state index in [1.807, 2.05) is 12.1 Å². The lowest BCUT2D eigenvalue weighted by Crippen LogP contribution is -2.69. The Bertz CT molecular complexity index is 547. The van der Waals surface area contributed by atoms with Crippen LogP contribution in [0.1, 0.15) is 11.7 Å². The minimum atomic E-state index is -4.43. The van der Waals surface area contributed by atoms with Gasteiger partial charge in [0, 0.05) is 12.2 Å². The van der Waals surface area contributed by atoms with Gasteiger partial charge in [-0.15, -0.1) is 0 Å². The van der Waals surface area contributed by atoms with Crippen LogP contribution in [0.3, 0.4) is 0 Å². The van der Waals surface area contributed by atoms with Crippen LogP contribution in [-0.4, -0.2) is 44.0 Å². The molecule has 1 amide bonds. The van der Waals surface area contributed by atoms with Crippen molar-refractivity contribution >= 4 is 11.6 Å². The number of alkyl halides is 3. The smallest absolute Gasteiger partial charge is 0.365 e. The first-order chi connectivity index (χ1) is 10.4. The number of anilines is 1. The van der Waals surface area contributed by atoms with Crippen LogP contribution in [0.15, 0.2) is 24.3 Å². The summed E-state index contributed by atoms with van der Waals surface area (Å²) in [6, 6.07) is 7.38. The fourth-order valence-electron chi connectivity index (χ4n) is 2.47. The number of hydrogen-bond donors (Lipinski definition) is 2. The zero-order chi connectivity index (χ0) is 15.7. The molecule has 1 aromatic rings. The number of benzene rings is 1. The SMILES string of the molecule is O=C(COCC(F)(F)F)Nc1ccc([C@@H]2OC3CN[C@H]32)cc1. The van der Waals surface area contributed by atoms with Gasteiger partial charge < -0.3 is 20.1 Å². The lowest BCUT2D eigenvalue weighted by Gasteiger charge is -2.53. The standard InChI is InChI=1S/C14H15F3N2O3/c15-14(16,17)7-21-6-11(20)19-9-3-1-8(2-4-9)13-12-10(22-13)5-18-12/h1-4,10,12-13,18H,5-7H2,(H,19,20)/t10?,12-,13+/m1/s1. The van der Waals surface area contributed by atoms with Gasteiger partial charge in [0.05, 0.1) is 12.1 Å².